The van der Waals surface area contributed by atoms with Crippen LogP contribution in [0.3, 0.4) is 0 Å². The van der Waals surface area contributed by atoms with Gasteiger partial charge in [0.05, 0.1) is 5.56 Å². The number of rotatable bonds is 7. The lowest BCUT2D eigenvalue weighted by atomic mass is 9.47. The molecule has 1 aromatic carbocycles. The average Bonchev–Trinajstić information content (AvgIpc) is 3.22. The molecule has 3 fully saturated rings. The third-order valence-corrected chi connectivity index (χ3v) is 11.5. The summed E-state index contributed by atoms with van der Waals surface area (Å²) in [6.45, 7) is 12.6. The van der Waals surface area contributed by atoms with E-state index in [2.05, 4.69) is 40.7 Å². The summed E-state index contributed by atoms with van der Waals surface area (Å²) in [5.41, 5.74) is 3.12. The van der Waals surface area contributed by atoms with E-state index in [9.17, 15) is 4.79 Å². The van der Waals surface area contributed by atoms with Crippen LogP contribution >= 0.6 is 0 Å². The number of benzene rings is 1. The number of hydrogen-bond donors (Lipinski definition) is 0. The van der Waals surface area contributed by atoms with Crippen LogP contribution in [0.15, 0.2) is 42.0 Å². The van der Waals surface area contributed by atoms with Crippen LogP contribution < -0.4 is 0 Å². The molecule has 1 aromatic rings. The highest BCUT2D eigenvalue weighted by atomic mass is 16.5. The summed E-state index contributed by atoms with van der Waals surface area (Å²) >= 11 is 0. The Morgan fingerprint density at radius 2 is 1.75 bits per heavy atom. The second-order valence-electron chi connectivity index (χ2n) is 13.9. The molecule has 0 aromatic heterocycles. The molecule has 4 unspecified atom stereocenters. The van der Waals surface area contributed by atoms with Gasteiger partial charge in [-0.2, -0.15) is 0 Å². The zero-order chi connectivity index (χ0) is 25.5. The van der Waals surface area contributed by atoms with Crippen molar-refractivity contribution in [2.45, 2.75) is 111 Å². The Morgan fingerprint density at radius 1 is 0.972 bits per heavy atom. The first-order valence-electron chi connectivity index (χ1n) is 15.2. The van der Waals surface area contributed by atoms with Crippen molar-refractivity contribution in [1.82, 2.24) is 0 Å². The molecule has 198 valence electrons. The molecule has 0 aliphatic heterocycles. The van der Waals surface area contributed by atoms with Gasteiger partial charge in [-0.1, -0.05) is 83.7 Å². The quantitative estimate of drug-likeness (QED) is 0.281. The van der Waals surface area contributed by atoms with E-state index in [0.29, 0.717) is 16.4 Å². The van der Waals surface area contributed by atoms with Gasteiger partial charge in [-0.3, -0.25) is 0 Å². The molecule has 0 heterocycles. The third kappa shape index (κ3) is 4.71. The van der Waals surface area contributed by atoms with Gasteiger partial charge in [-0.15, -0.1) is 0 Å². The van der Waals surface area contributed by atoms with Crippen molar-refractivity contribution < 1.29 is 9.53 Å². The van der Waals surface area contributed by atoms with E-state index < -0.39 is 0 Å². The number of hydrogen-bond acceptors (Lipinski definition) is 2. The predicted molar refractivity (Wildman–Crippen MR) is 149 cm³/mol. The molecule has 0 N–H and O–H groups in total. The second kappa shape index (κ2) is 10.3. The van der Waals surface area contributed by atoms with E-state index in [1.807, 2.05) is 30.3 Å². The maximum Gasteiger partial charge on any atom is 0.338 e. The molecule has 0 amide bonds. The molecular formula is C34H50O2. The van der Waals surface area contributed by atoms with Crippen LogP contribution in [0, 0.1) is 46.3 Å². The lowest BCUT2D eigenvalue weighted by molar-refractivity contribution is -0.0594. The lowest BCUT2D eigenvalue weighted by Crippen LogP contribution is -2.51. The van der Waals surface area contributed by atoms with Crippen molar-refractivity contribution in [2.75, 3.05) is 0 Å². The minimum Gasteiger partial charge on any atom is -0.458 e. The van der Waals surface area contributed by atoms with Gasteiger partial charge in [0.25, 0.3) is 0 Å². The molecule has 5 rings (SSSR count). The molecule has 0 radical (unpaired) electrons. The normalized spacial score (nSPS) is 38.5. The molecule has 3 saturated carbocycles. The highest BCUT2D eigenvalue weighted by Crippen LogP contribution is 2.67. The molecule has 36 heavy (non-hydrogen) atoms. The van der Waals surface area contributed by atoms with Gasteiger partial charge in [-0.05, 0) is 103 Å². The first-order valence-corrected chi connectivity index (χ1v) is 15.2. The number of ether oxygens (including phenoxy) is 1. The predicted octanol–water partition coefficient (Wildman–Crippen LogP) is 9.25. The molecule has 0 spiro atoms. The van der Waals surface area contributed by atoms with Gasteiger partial charge in [0.1, 0.15) is 6.10 Å². The summed E-state index contributed by atoms with van der Waals surface area (Å²) in [5, 5.41) is 0. The third-order valence-electron chi connectivity index (χ3n) is 11.5. The largest absolute Gasteiger partial charge is 0.458 e. The maximum atomic E-state index is 12.7. The van der Waals surface area contributed by atoms with E-state index in [1.54, 1.807) is 5.57 Å². The highest BCUT2D eigenvalue weighted by molar-refractivity contribution is 5.89. The summed E-state index contributed by atoms with van der Waals surface area (Å²) in [6, 6.07) is 9.49. The smallest absolute Gasteiger partial charge is 0.338 e. The molecule has 0 bridgehead atoms. The number of carbonyl (C=O) groups excluding carboxylic acids is 1. The molecule has 4 aliphatic carbocycles. The SMILES string of the molecule is CC(C)CCC[C@@H](C)[C@H]1CCC2C3CC=C4CC(OC(=O)c5ccccc5)CC[C@]4(C)C3CC[C@@]21C. The minimum absolute atomic E-state index is 0.0324. The van der Waals surface area contributed by atoms with Crippen LogP contribution in [0.25, 0.3) is 0 Å². The Hall–Kier alpha value is -1.57. The van der Waals surface area contributed by atoms with Gasteiger partial charge in [0.2, 0.25) is 0 Å². The van der Waals surface area contributed by atoms with Crippen molar-refractivity contribution in [2.24, 2.45) is 46.3 Å². The first-order chi connectivity index (χ1) is 17.2. The monoisotopic (exact) mass is 490 g/mol. The van der Waals surface area contributed by atoms with Crippen molar-refractivity contribution in [1.29, 1.82) is 0 Å². The zero-order valence-electron chi connectivity index (χ0n) is 23.6. The van der Waals surface area contributed by atoms with E-state index in [4.69, 9.17) is 4.74 Å². The highest BCUT2D eigenvalue weighted by Gasteiger charge is 2.59. The zero-order valence-corrected chi connectivity index (χ0v) is 23.6. The molecule has 2 heteroatoms. The fraction of sp³-hybridized carbons (Fsp3) is 0.735. The molecule has 4 aliphatic rings. The maximum absolute atomic E-state index is 12.7. The van der Waals surface area contributed by atoms with Gasteiger partial charge >= 0.3 is 5.97 Å². The Balaban J connectivity index is 1.25. The van der Waals surface area contributed by atoms with Gasteiger partial charge in [-0.25, -0.2) is 4.79 Å². The second-order valence-corrected chi connectivity index (χ2v) is 13.9. The van der Waals surface area contributed by atoms with Crippen LogP contribution in [0.1, 0.15) is 116 Å². The lowest BCUT2D eigenvalue weighted by Gasteiger charge is -2.58. The standard InChI is InChI=1S/C34H50O2/c1-23(2)10-9-11-24(3)29-16-17-30-28-15-14-26-22-27(36-32(35)25-12-7-6-8-13-25)18-20-33(26,4)31(28)19-21-34(29,30)5/h6-8,12-14,23-24,27-31H,9-11,15-22H2,1-5H3/t24-,27?,28?,29-,30?,31?,33+,34-/m1/s1. The summed E-state index contributed by atoms with van der Waals surface area (Å²) in [6.07, 6.45) is 17.0. The van der Waals surface area contributed by atoms with Crippen molar-refractivity contribution in [3.8, 4) is 0 Å². The van der Waals surface area contributed by atoms with Crippen LogP contribution in [0.4, 0.5) is 0 Å². The van der Waals surface area contributed by atoms with Crippen LogP contribution in [-0.4, -0.2) is 12.1 Å². The van der Waals surface area contributed by atoms with Crippen molar-refractivity contribution >= 4 is 5.97 Å². The number of fused-ring (bicyclic) bond motifs is 5. The molecule has 0 saturated heterocycles. The Morgan fingerprint density at radius 3 is 2.50 bits per heavy atom. The van der Waals surface area contributed by atoms with Crippen molar-refractivity contribution in [3.63, 3.8) is 0 Å². The van der Waals surface area contributed by atoms with E-state index in [0.717, 1.165) is 48.3 Å². The summed E-state index contributed by atoms with van der Waals surface area (Å²) in [4.78, 5) is 12.7. The summed E-state index contributed by atoms with van der Waals surface area (Å²) < 4.78 is 6.00. The molecule has 2 nitrogen and oxygen atoms in total. The fourth-order valence-corrected chi connectivity index (χ4v) is 9.55. The summed E-state index contributed by atoms with van der Waals surface area (Å²) in [5.74, 6) is 5.03. The number of carbonyl (C=O) groups is 1. The Bertz CT molecular complexity index is 947. The van der Waals surface area contributed by atoms with Crippen LogP contribution in [-0.2, 0) is 4.74 Å². The Kier molecular flexibility index (Phi) is 7.45. The van der Waals surface area contributed by atoms with Gasteiger partial charge in [0.15, 0.2) is 0 Å². The van der Waals surface area contributed by atoms with Crippen LogP contribution in [0.2, 0.25) is 0 Å². The molecular weight excluding hydrogens is 440 g/mol. The minimum atomic E-state index is -0.161. The van der Waals surface area contributed by atoms with Crippen molar-refractivity contribution in [3.05, 3.63) is 47.5 Å². The van der Waals surface area contributed by atoms with E-state index in [1.165, 1.54) is 57.8 Å². The average molecular weight is 491 g/mol. The first kappa shape index (κ1) is 26.1. The van der Waals surface area contributed by atoms with E-state index in [-0.39, 0.29) is 12.1 Å². The van der Waals surface area contributed by atoms with Gasteiger partial charge in [0, 0.05) is 6.42 Å². The van der Waals surface area contributed by atoms with Crippen LogP contribution in [0.5, 0.6) is 0 Å². The Labute approximate surface area is 220 Å². The molecule has 8 atom stereocenters. The van der Waals surface area contributed by atoms with Gasteiger partial charge < -0.3 is 4.74 Å². The topological polar surface area (TPSA) is 26.3 Å². The number of allylic oxidation sites excluding steroid dienone is 1. The fourth-order valence-electron chi connectivity index (χ4n) is 9.55. The summed E-state index contributed by atoms with van der Waals surface area (Å²) in [7, 11) is 0. The van der Waals surface area contributed by atoms with E-state index >= 15 is 0 Å². The number of esters is 1.